The van der Waals surface area contributed by atoms with Crippen LogP contribution in [0, 0.1) is 17.8 Å². The number of carbonyl (C=O) groups is 1. The number of aliphatic hydroxyl groups is 1. The zero-order valence-electron chi connectivity index (χ0n) is 12.4. The fourth-order valence-electron chi connectivity index (χ4n) is 1.96. The summed E-state index contributed by atoms with van der Waals surface area (Å²) in [4.78, 5) is 11.1. The van der Waals surface area contributed by atoms with Gasteiger partial charge in [0.2, 0.25) is 0 Å². The Morgan fingerprint density at radius 1 is 1.11 bits per heavy atom. The lowest BCUT2D eigenvalue weighted by molar-refractivity contribution is -0.146. The van der Waals surface area contributed by atoms with E-state index in [2.05, 4.69) is 11.7 Å². The lowest BCUT2D eigenvalue weighted by atomic mass is 9.83. The highest BCUT2D eigenvalue weighted by molar-refractivity contribution is 5.72. The molecule has 0 aliphatic heterocycles. The molecule has 0 heterocycles. The lowest BCUT2D eigenvalue weighted by Crippen LogP contribution is -2.21. The first-order valence-electron chi connectivity index (χ1n) is 7.36. The van der Waals surface area contributed by atoms with Gasteiger partial charge in [0.25, 0.3) is 0 Å². The molecule has 2 rings (SSSR count). The fraction of sp³-hybridized carbons (Fsp3) is 0.933. The second-order valence-electron chi connectivity index (χ2n) is 5.11. The first-order valence-corrected chi connectivity index (χ1v) is 7.36. The predicted molar refractivity (Wildman–Crippen MR) is 74.3 cm³/mol. The predicted octanol–water partition coefficient (Wildman–Crippen LogP) is 3.40. The van der Waals surface area contributed by atoms with Crippen LogP contribution in [0.25, 0.3) is 0 Å². The van der Waals surface area contributed by atoms with E-state index < -0.39 is 0 Å². The second kappa shape index (κ2) is 10.4. The number of hydrogen-bond acceptors (Lipinski definition) is 3. The van der Waals surface area contributed by atoms with E-state index >= 15 is 0 Å². The maximum absolute atomic E-state index is 11.1. The van der Waals surface area contributed by atoms with Gasteiger partial charge in [-0.25, -0.2) is 0 Å². The molecule has 3 heteroatoms. The highest BCUT2D eigenvalue weighted by atomic mass is 16.5. The number of carbonyl (C=O) groups excluding carboxylic acids is 1. The largest absolute Gasteiger partial charge is 0.469 e. The zero-order chi connectivity index (χ0) is 14.0. The van der Waals surface area contributed by atoms with E-state index in [0.29, 0.717) is 12.5 Å². The molecule has 2 aliphatic rings. The van der Waals surface area contributed by atoms with Crippen LogP contribution in [0.15, 0.2) is 0 Å². The van der Waals surface area contributed by atoms with Crippen molar-refractivity contribution in [3.05, 3.63) is 0 Å². The van der Waals surface area contributed by atoms with E-state index in [0.717, 1.165) is 18.8 Å². The van der Waals surface area contributed by atoms with Crippen molar-refractivity contribution in [1.82, 2.24) is 0 Å². The summed E-state index contributed by atoms with van der Waals surface area (Å²) < 4.78 is 4.69. The fourth-order valence-corrected chi connectivity index (χ4v) is 1.96. The number of aliphatic hydroxyl groups excluding tert-OH is 1. The van der Waals surface area contributed by atoms with Gasteiger partial charge in [-0.3, -0.25) is 4.79 Å². The van der Waals surface area contributed by atoms with Crippen molar-refractivity contribution >= 4 is 5.97 Å². The van der Waals surface area contributed by atoms with Crippen LogP contribution in [0.1, 0.15) is 59.3 Å². The Balaban J connectivity index is 0.000000343. The van der Waals surface area contributed by atoms with Crippen molar-refractivity contribution in [2.45, 2.75) is 59.3 Å². The molecule has 0 spiro atoms. The van der Waals surface area contributed by atoms with Gasteiger partial charge in [-0.1, -0.05) is 20.8 Å². The quantitative estimate of drug-likeness (QED) is 0.772. The Morgan fingerprint density at radius 2 is 1.61 bits per heavy atom. The van der Waals surface area contributed by atoms with Gasteiger partial charge in [0.15, 0.2) is 0 Å². The normalized spacial score (nSPS) is 26.1. The third-order valence-electron chi connectivity index (χ3n) is 3.51. The number of rotatable bonds is 2. The Kier molecular flexibility index (Phi) is 10.0. The smallest absolute Gasteiger partial charge is 0.308 e. The summed E-state index contributed by atoms with van der Waals surface area (Å²) in [5, 5.41) is 8.21. The van der Waals surface area contributed by atoms with Crippen molar-refractivity contribution in [2.75, 3.05) is 13.7 Å². The third kappa shape index (κ3) is 7.70. The van der Waals surface area contributed by atoms with Crippen molar-refractivity contribution in [1.29, 1.82) is 0 Å². The number of methoxy groups -OCH3 is 1. The van der Waals surface area contributed by atoms with E-state index in [9.17, 15) is 4.79 Å². The molecule has 0 bridgehead atoms. The first-order chi connectivity index (χ1) is 8.67. The molecular formula is C15H30O3. The van der Waals surface area contributed by atoms with Gasteiger partial charge >= 0.3 is 5.97 Å². The monoisotopic (exact) mass is 258 g/mol. The topological polar surface area (TPSA) is 46.5 Å². The van der Waals surface area contributed by atoms with Crippen molar-refractivity contribution in [2.24, 2.45) is 17.8 Å². The van der Waals surface area contributed by atoms with Gasteiger partial charge in [-0.15, -0.1) is 0 Å². The van der Waals surface area contributed by atoms with Crippen molar-refractivity contribution in [3.63, 3.8) is 0 Å². The second-order valence-corrected chi connectivity index (χ2v) is 5.11. The van der Waals surface area contributed by atoms with Crippen molar-refractivity contribution < 1.29 is 14.6 Å². The van der Waals surface area contributed by atoms with Gasteiger partial charge in [0.05, 0.1) is 13.0 Å². The maximum Gasteiger partial charge on any atom is 0.308 e. The summed E-state index contributed by atoms with van der Waals surface area (Å²) in [5.74, 6) is 1.67. The summed E-state index contributed by atoms with van der Waals surface area (Å²) in [7, 11) is 1.47. The van der Waals surface area contributed by atoms with E-state index in [1.165, 1.54) is 32.8 Å². The minimum atomic E-state index is -0.0168. The molecule has 18 heavy (non-hydrogen) atoms. The van der Waals surface area contributed by atoms with Gasteiger partial charge in [-0.05, 0) is 50.4 Å². The summed E-state index contributed by atoms with van der Waals surface area (Å²) in [5.41, 5.74) is 0. The van der Waals surface area contributed by atoms with E-state index in [-0.39, 0.29) is 11.9 Å². The Bertz CT molecular complexity index is 204. The van der Waals surface area contributed by atoms with Crippen LogP contribution >= 0.6 is 0 Å². The summed E-state index contributed by atoms with van der Waals surface area (Å²) in [6.07, 6.45) is 6.92. The van der Waals surface area contributed by atoms with E-state index in [1.807, 2.05) is 13.8 Å². The van der Waals surface area contributed by atoms with Crippen LogP contribution in [0.2, 0.25) is 0 Å². The maximum atomic E-state index is 11.1. The summed E-state index contributed by atoms with van der Waals surface area (Å²) in [6.45, 7) is 6.66. The number of hydrogen-bond donors (Lipinski definition) is 1. The molecule has 0 unspecified atom stereocenters. The molecule has 108 valence electrons. The number of esters is 1. The molecule has 0 aromatic carbocycles. The Hall–Kier alpha value is -0.570. The molecular weight excluding hydrogens is 228 g/mol. The molecule has 0 saturated heterocycles. The highest BCUT2D eigenvalue weighted by Gasteiger charge is 2.24. The van der Waals surface area contributed by atoms with E-state index in [1.54, 1.807) is 0 Å². The lowest BCUT2D eigenvalue weighted by Gasteiger charge is -2.23. The van der Waals surface area contributed by atoms with Crippen molar-refractivity contribution in [3.8, 4) is 0 Å². The minimum Gasteiger partial charge on any atom is -0.469 e. The van der Waals surface area contributed by atoms with Gasteiger partial charge in [0.1, 0.15) is 0 Å². The van der Waals surface area contributed by atoms with E-state index in [4.69, 9.17) is 5.11 Å². The molecule has 0 aromatic rings. The average molecular weight is 258 g/mol. The Morgan fingerprint density at radius 3 is 1.89 bits per heavy atom. The van der Waals surface area contributed by atoms with Crippen LogP contribution in [0.4, 0.5) is 0 Å². The van der Waals surface area contributed by atoms with Crippen LogP contribution < -0.4 is 0 Å². The minimum absolute atomic E-state index is 0.0168. The highest BCUT2D eigenvalue weighted by Crippen LogP contribution is 2.28. The van der Waals surface area contributed by atoms with Gasteiger partial charge < -0.3 is 9.84 Å². The molecule has 0 amide bonds. The first kappa shape index (κ1) is 17.4. The standard InChI is InChI=1S/C9H16O2.C4H8O.C2H6/c1-7-3-5-8(6-4-7)9(10)11-2;5-3-4-1-2-4;1-2/h7-8H,3-6H2,1-2H3;4-5H,1-3H2;1-2H3. The molecule has 0 radical (unpaired) electrons. The molecule has 2 saturated carbocycles. The Labute approximate surface area is 112 Å². The molecule has 2 fully saturated rings. The zero-order valence-corrected chi connectivity index (χ0v) is 12.4. The molecule has 2 aliphatic carbocycles. The third-order valence-corrected chi connectivity index (χ3v) is 3.51. The molecule has 0 aromatic heterocycles. The van der Waals surface area contributed by atoms with Crippen LogP contribution in [0.5, 0.6) is 0 Å². The summed E-state index contributed by atoms with van der Waals surface area (Å²) >= 11 is 0. The van der Waals surface area contributed by atoms with Crippen LogP contribution in [0.3, 0.4) is 0 Å². The molecule has 1 N–H and O–H groups in total. The molecule has 3 nitrogen and oxygen atoms in total. The van der Waals surface area contributed by atoms with Gasteiger partial charge in [0, 0.05) is 6.61 Å². The van der Waals surface area contributed by atoms with Gasteiger partial charge in [-0.2, -0.15) is 0 Å². The molecule has 0 atom stereocenters. The average Bonchev–Trinajstić information content (AvgIpc) is 3.26. The van der Waals surface area contributed by atoms with Crippen LogP contribution in [-0.4, -0.2) is 24.8 Å². The number of ether oxygens (including phenoxy) is 1. The van der Waals surface area contributed by atoms with Crippen LogP contribution in [-0.2, 0) is 9.53 Å². The SMILES string of the molecule is CC.COC(=O)C1CCC(C)CC1.OCC1CC1. The summed E-state index contributed by atoms with van der Waals surface area (Å²) in [6, 6.07) is 0.